The van der Waals surface area contributed by atoms with Gasteiger partial charge in [-0.05, 0) is 36.8 Å². The van der Waals surface area contributed by atoms with Crippen LogP contribution in [-0.4, -0.2) is 39.6 Å². The molecule has 2 heterocycles. The predicted molar refractivity (Wildman–Crippen MR) is 112 cm³/mol. The molecule has 0 atom stereocenters. The van der Waals surface area contributed by atoms with Crippen LogP contribution in [0.3, 0.4) is 0 Å². The molecular weight excluding hydrogens is 408 g/mol. The zero-order chi connectivity index (χ0) is 21.8. The van der Waals surface area contributed by atoms with Gasteiger partial charge in [0, 0.05) is 23.6 Å². The zero-order valence-corrected chi connectivity index (χ0v) is 17.0. The number of benzene rings is 1. The van der Waals surface area contributed by atoms with Crippen LogP contribution in [0, 0.1) is 6.92 Å². The Morgan fingerprint density at radius 1 is 1.13 bits per heavy atom. The van der Waals surface area contributed by atoms with Gasteiger partial charge in [0.05, 0.1) is 5.69 Å². The van der Waals surface area contributed by atoms with Crippen LogP contribution < -0.4 is 9.64 Å². The third-order valence-electron chi connectivity index (χ3n) is 4.19. The number of aromatic nitrogens is 1. The Hall–Kier alpha value is -3.72. The molecule has 0 aliphatic heterocycles. The van der Waals surface area contributed by atoms with E-state index in [-0.39, 0.29) is 16.5 Å². The summed E-state index contributed by atoms with van der Waals surface area (Å²) in [7, 11) is 0. The zero-order valence-electron chi connectivity index (χ0n) is 16.2. The molecular formula is C21H18N2O6S. The second kappa shape index (κ2) is 8.75. The number of hydrogen-bond donors (Lipinski definition) is 2. The molecule has 0 bridgehead atoms. The van der Waals surface area contributed by atoms with Gasteiger partial charge in [-0.3, -0.25) is 9.69 Å². The standard InChI is InChI=1S/C21H18N2O6S/c1-12-18(29-11-17(25)26)20(21(27)28)30-19(12)14-6-5-7-15(10-14)23(13(2)24)16-8-3-4-9-22-16/h3-10H,11H2,1-2H3,(H,25,26)(H,27,28). The summed E-state index contributed by atoms with van der Waals surface area (Å²) < 4.78 is 5.23. The van der Waals surface area contributed by atoms with Gasteiger partial charge in [0.2, 0.25) is 5.91 Å². The van der Waals surface area contributed by atoms with E-state index in [1.54, 1.807) is 55.6 Å². The van der Waals surface area contributed by atoms with Crippen molar-refractivity contribution in [2.45, 2.75) is 13.8 Å². The van der Waals surface area contributed by atoms with E-state index in [2.05, 4.69) is 4.98 Å². The minimum absolute atomic E-state index is 0.0310. The number of ether oxygens (including phenoxy) is 1. The lowest BCUT2D eigenvalue weighted by Gasteiger charge is -2.20. The van der Waals surface area contributed by atoms with Crippen molar-refractivity contribution in [2.75, 3.05) is 11.5 Å². The van der Waals surface area contributed by atoms with Crippen molar-refractivity contribution in [3.8, 4) is 16.2 Å². The van der Waals surface area contributed by atoms with E-state index < -0.39 is 18.5 Å². The van der Waals surface area contributed by atoms with Gasteiger partial charge in [-0.1, -0.05) is 18.2 Å². The van der Waals surface area contributed by atoms with Crippen LogP contribution in [0.1, 0.15) is 22.2 Å². The van der Waals surface area contributed by atoms with Gasteiger partial charge in [0.25, 0.3) is 0 Å². The molecule has 0 aliphatic carbocycles. The highest BCUT2D eigenvalue weighted by molar-refractivity contribution is 7.18. The summed E-state index contributed by atoms with van der Waals surface area (Å²) in [5.41, 5.74) is 1.75. The minimum Gasteiger partial charge on any atom is -0.480 e. The minimum atomic E-state index is -1.20. The van der Waals surface area contributed by atoms with Crippen molar-refractivity contribution < 1.29 is 29.3 Å². The van der Waals surface area contributed by atoms with Crippen LogP contribution in [0.4, 0.5) is 11.5 Å². The molecule has 3 aromatic rings. The van der Waals surface area contributed by atoms with E-state index in [4.69, 9.17) is 9.84 Å². The molecule has 2 aromatic heterocycles. The number of hydrogen-bond acceptors (Lipinski definition) is 6. The number of amides is 1. The van der Waals surface area contributed by atoms with E-state index in [0.717, 1.165) is 11.3 Å². The quantitative estimate of drug-likeness (QED) is 0.587. The van der Waals surface area contributed by atoms with Gasteiger partial charge >= 0.3 is 11.9 Å². The first kappa shape index (κ1) is 21.0. The maximum atomic E-state index is 12.3. The number of aromatic carboxylic acids is 1. The topological polar surface area (TPSA) is 117 Å². The van der Waals surface area contributed by atoms with E-state index in [0.29, 0.717) is 27.5 Å². The van der Waals surface area contributed by atoms with Crippen molar-refractivity contribution in [2.24, 2.45) is 0 Å². The normalized spacial score (nSPS) is 10.5. The van der Waals surface area contributed by atoms with Gasteiger partial charge < -0.3 is 14.9 Å². The SMILES string of the molecule is CC(=O)N(c1cccc(-c2sc(C(=O)O)c(OCC(=O)O)c2C)c1)c1ccccn1. The summed E-state index contributed by atoms with van der Waals surface area (Å²) in [6.45, 7) is 2.46. The fourth-order valence-corrected chi connectivity index (χ4v) is 4.06. The average Bonchev–Trinajstić information content (AvgIpc) is 3.04. The highest BCUT2D eigenvalue weighted by atomic mass is 32.1. The smallest absolute Gasteiger partial charge is 0.349 e. The third-order valence-corrected chi connectivity index (χ3v) is 5.50. The van der Waals surface area contributed by atoms with Crippen molar-refractivity contribution in [3.63, 3.8) is 0 Å². The number of thiophene rings is 1. The Kier molecular flexibility index (Phi) is 6.12. The monoisotopic (exact) mass is 426 g/mol. The summed E-state index contributed by atoms with van der Waals surface area (Å²) in [4.78, 5) is 41.0. The van der Waals surface area contributed by atoms with Crippen molar-refractivity contribution >= 4 is 40.7 Å². The summed E-state index contributed by atoms with van der Waals surface area (Å²) in [5, 5.41) is 18.4. The van der Waals surface area contributed by atoms with Gasteiger partial charge in [0.15, 0.2) is 11.5 Å². The highest BCUT2D eigenvalue weighted by Gasteiger charge is 2.24. The third kappa shape index (κ3) is 4.31. The van der Waals surface area contributed by atoms with Crippen LogP contribution in [0.2, 0.25) is 0 Å². The van der Waals surface area contributed by atoms with E-state index in [9.17, 15) is 19.5 Å². The maximum Gasteiger partial charge on any atom is 0.349 e. The van der Waals surface area contributed by atoms with Crippen LogP contribution in [0.15, 0.2) is 48.7 Å². The lowest BCUT2D eigenvalue weighted by atomic mass is 10.1. The molecule has 9 heteroatoms. The number of carboxylic acids is 2. The molecule has 1 aromatic carbocycles. The van der Waals surface area contributed by atoms with Crippen LogP contribution in [-0.2, 0) is 9.59 Å². The molecule has 0 radical (unpaired) electrons. The number of anilines is 2. The van der Waals surface area contributed by atoms with Gasteiger partial charge in [0.1, 0.15) is 11.6 Å². The van der Waals surface area contributed by atoms with Gasteiger partial charge in [-0.2, -0.15) is 0 Å². The molecule has 1 amide bonds. The fraction of sp³-hybridized carbons (Fsp3) is 0.143. The molecule has 0 spiro atoms. The Morgan fingerprint density at radius 3 is 2.50 bits per heavy atom. The number of pyridine rings is 1. The molecule has 8 nitrogen and oxygen atoms in total. The van der Waals surface area contributed by atoms with E-state index in [1.807, 2.05) is 0 Å². The molecule has 3 rings (SSSR count). The number of nitrogens with zero attached hydrogens (tertiary/aromatic N) is 2. The van der Waals surface area contributed by atoms with Crippen LogP contribution in [0.25, 0.3) is 10.4 Å². The van der Waals surface area contributed by atoms with Crippen LogP contribution >= 0.6 is 11.3 Å². The lowest BCUT2D eigenvalue weighted by Crippen LogP contribution is -2.23. The summed E-state index contributed by atoms with van der Waals surface area (Å²) in [6.07, 6.45) is 1.59. The first-order chi connectivity index (χ1) is 14.3. The Morgan fingerprint density at radius 2 is 1.90 bits per heavy atom. The van der Waals surface area contributed by atoms with E-state index >= 15 is 0 Å². The fourth-order valence-electron chi connectivity index (χ4n) is 2.97. The van der Waals surface area contributed by atoms with Crippen molar-refractivity contribution in [3.05, 3.63) is 59.1 Å². The van der Waals surface area contributed by atoms with E-state index in [1.165, 1.54) is 11.8 Å². The van der Waals surface area contributed by atoms with Gasteiger partial charge in [-0.25, -0.2) is 14.6 Å². The highest BCUT2D eigenvalue weighted by Crippen LogP contribution is 2.42. The largest absolute Gasteiger partial charge is 0.480 e. The van der Waals surface area contributed by atoms with Gasteiger partial charge in [-0.15, -0.1) is 11.3 Å². The predicted octanol–water partition coefficient (Wildman–Crippen LogP) is 3.96. The molecule has 154 valence electrons. The Balaban J connectivity index is 2.07. The maximum absolute atomic E-state index is 12.3. The molecule has 30 heavy (non-hydrogen) atoms. The number of carboxylic acid groups (broad SMARTS) is 2. The second-order valence-electron chi connectivity index (χ2n) is 6.29. The molecule has 0 saturated heterocycles. The first-order valence-corrected chi connectivity index (χ1v) is 9.64. The Labute approximate surface area is 176 Å². The summed E-state index contributed by atoms with van der Waals surface area (Å²) in [6, 6.07) is 12.3. The first-order valence-electron chi connectivity index (χ1n) is 8.83. The van der Waals surface area contributed by atoms with Crippen LogP contribution in [0.5, 0.6) is 5.75 Å². The number of rotatable bonds is 7. The van der Waals surface area contributed by atoms with Crippen molar-refractivity contribution in [1.82, 2.24) is 4.98 Å². The number of carbonyl (C=O) groups is 3. The molecule has 0 aliphatic rings. The molecule has 0 fully saturated rings. The summed E-state index contributed by atoms with van der Waals surface area (Å²) >= 11 is 0.987. The average molecular weight is 426 g/mol. The molecule has 0 unspecified atom stereocenters. The number of carbonyl (C=O) groups excluding carboxylic acids is 1. The summed E-state index contributed by atoms with van der Waals surface area (Å²) in [5.74, 6) is -2.15. The Bertz CT molecular complexity index is 1110. The lowest BCUT2D eigenvalue weighted by molar-refractivity contribution is -0.139. The molecule has 0 saturated carbocycles. The molecule has 2 N–H and O–H groups in total. The number of aliphatic carboxylic acids is 1. The van der Waals surface area contributed by atoms with Crippen molar-refractivity contribution in [1.29, 1.82) is 0 Å². The second-order valence-corrected chi connectivity index (χ2v) is 7.32.